The number of alkyl halides is 1. The molecule has 0 saturated heterocycles. The van der Waals surface area contributed by atoms with Crippen LogP contribution >= 0.6 is 15.9 Å². The Morgan fingerprint density at radius 3 is 2.85 bits per heavy atom. The minimum Gasteiger partial charge on any atom is -0.480 e. The van der Waals surface area contributed by atoms with Gasteiger partial charge in [0.2, 0.25) is 0 Å². The highest BCUT2D eigenvalue weighted by Gasteiger charge is 2.40. The molecule has 106 valence electrons. The van der Waals surface area contributed by atoms with Crippen LogP contribution in [0.5, 0.6) is 0 Å². The molecule has 1 aromatic rings. The first-order valence-corrected chi connectivity index (χ1v) is 6.68. The van der Waals surface area contributed by atoms with Gasteiger partial charge in [-0.05, 0) is 28.4 Å². The second-order valence-electron chi connectivity index (χ2n) is 4.52. The zero-order valence-corrected chi connectivity index (χ0v) is 12.3. The quantitative estimate of drug-likeness (QED) is 0.705. The van der Waals surface area contributed by atoms with Gasteiger partial charge in [-0.1, -0.05) is 23.8 Å². The lowest BCUT2D eigenvalue weighted by atomic mass is 9.94. The molecule has 0 aliphatic carbocycles. The number of amides is 1. The molecular formula is C13H13BrN2O4. The highest BCUT2D eigenvalue weighted by molar-refractivity contribution is 9.10. The fourth-order valence-corrected chi connectivity index (χ4v) is 2.73. The molecule has 0 aromatic heterocycles. The van der Waals surface area contributed by atoms with Crippen LogP contribution in [-0.2, 0) is 20.6 Å². The topological polar surface area (TPSA) is 99.0 Å². The van der Waals surface area contributed by atoms with Crippen molar-refractivity contribution in [1.82, 2.24) is 5.32 Å². The number of aliphatic imine (C=N–C) groups is 1. The van der Waals surface area contributed by atoms with Crippen molar-refractivity contribution < 1.29 is 19.8 Å². The van der Waals surface area contributed by atoms with Gasteiger partial charge in [0.25, 0.3) is 5.91 Å². The van der Waals surface area contributed by atoms with Gasteiger partial charge in [0.05, 0.1) is 6.54 Å². The first-order chi connectivity index (χ1) is 9.32. The van der Waals surface area contributed by atoms with E-state index in [1.165, 1.54) is 0 Å². The molecule has 7 heteroatoms. The van der Waals surface area contributed by atoms with Crippen LogP contribution in [0, 0.1) is 6.92 Å². The highest BCUT2D eigenvalue weighted by Crippen LogP contribution is 2.36. The van der Waals surface area contributed by atoms with E-state index in [9.17, 15) is 14.7 Å². The van der Waals surface area contributed by atoms with E-state index in [2.05, 4.69) is 26.2 Å². The first-order valence-electron chi connectivity index (χ1n) is 5.88. The summed E-state index contributed by atoms with van der Waals surface area (Å²) < 4.78 is -1.71. The van der Waals surface area contributed by atoms with Gasteiger partial charge in [-0.3, -0.25) is 14.6 Å². The number of hydrogen-bond acceptors (Lipinski definition) is 4. The Bertz CT molecular complexity index is 610. The van der Waals surface area contributed by atoms with E-state index in [0.717, 1.165) is 11.1 Å². The van der Waals surface area contributed by atoms with Gasteiger partial charge in [0.1, 0.15) is 12.3 Å². The molecule has 1 atom stereocenters. The summed E-state index contributed by atoms with van der Waals surface area (Å²) in [6, 6.07) is 5.43. The van der Waals surface area contributed by atoms with E-state index < -0.39 is 22.9 Å². The van der Waals surface area contributed by atoms with Crippen molar-refractivity contribution in [1.29, 1.82) is 0 Å². The van der Waals surface area contributed by atoms with Crippen LogP contribution in [0.2, 0.25) is 0 Å². The number of benzene rings is 1. The van der Waals surface area contributed by atoms with Crippen molar-refractivity contribution >= 4 is 33.5 Å². The van der Waals surface area contributed by atoms with Crippen LogP contribution in [0.25, 0.3) is 0 Å². The predicted molar refractivity (Wildman–Crippen MR) is 75.8 cm³/mol. The van der Waals surface area contributed by atoms with E-state index in [-0.39, 0.29) is 12.3 Å². The Hall–Kier alpha value is -1.73. The molecule has 0 bridgehead atoms. The van der Waals surface area contributed by atoms with Crippen LogP contribution < -0.4 is 5.32 Å². The number of carbonyl (C=O) groups excluding carboxylic acids is 1. The van der Waals surface area contributed by atoms with Gasteiger partial charge in [0.15, 0.2) is 4.51 Å². The van der Waals surface area contributed by atoms with Crippen molar-refractivity contribution in [2.75, 3.05) is 6.54 Å². The van der Waals surface area contributed by atoms with E-state index in [0.29, 0.717) is 5.56 Å². The van der Waals surface area contributed by atoms with Crippen LogP contribution in [0.4, 0.5) is 0 Å². The SMILES string of the molecule is Cc1ccc2c(c1)CN=C(C(=O)NCC(=O)O)C2(O)Br. The number of aryl methyl sites for hydroxylation is 1. The first kappa shape index (κ1) is 14.7. The van der Waals surface area contributed by atoms with Crippen molar-refractivity contribution in [2.45, 2.75) is 18.0 Å². The Morgan fingerprint density at radius 2 is 2.20 bits per heavy atom. The summed E-state index contributed by atoms with van der Waals surface area (Å²) >= 11 is 3.11. The maximum atomic E-state index is 11.9. The van der Waals surface area contributed by atoms with Crippen molar-refractivity contribution in [3.63, 3.8) is 0 Å². The van der Waals surface area contributed by atoms with Gasteiger partial charge < -0.3 is 15.5 Å². The Kier molecular flexibility index (Phi) is 3.92. The number of carboxylic acids is 1. The number of aliphatic carboxylic acids is 1. The number of nitrogens with zero attached hydrogens (tertiary/aromatic N) is 1. The van der Waals surface area contributed by atoms with Gasteiger partial charge in [-0.25, -0.2) is 0 Å². The van der Waals surface area contributed by atoms with Crippen LogP contribution in [0.3, 0.4) is 0 Å². The number of fused-ring (bicyclic) bond motifs is 1. The molecular weight excluding hydrogens is 328 g/mol. The molecule has 0 radical (unpaired) electrons. The monoisotopic (exact) mass is 340 g/mol. The second-order valence-corrected chi connectivity index (χ2v) is 5.67. The third-order valence-corrected chi connectivity index (χ3v) is 3.76. The number of halogens is 1. The summed E-state index contributed by atoms with van der Waals surface area (Å²) in [6.07, 6.45) is 0. The maximum Gasteiger partial charge on any atom is 0.322 e. The molecule has 1 heterocycles. The van der Waals surface area contributed by atoms with Gasteiger partial charge in [-0.15, -0.1) is 0 Å². The van der Waals surface area contributed by atoms with Crippen molar-refractivity contribution in [2.24, 2.45) is 4.99 Å². The van der Waals surface area contributed by atoms with Gasteiger partial charge in [0, 0.05) is 5.56 Å². The Labute approximate surface area is 123 Å². The van der Waals surface area contributed by atoms with Crippen LogP contribution in [-0.4, -0.2) is 34.3 Å². The van der Waals surface area contributed by atoms with E-state index in [1.54, 1.807) is 6.07 Å². The second kappa shape index (κ2) is 5.34. The number of nitrogens with one attached hydrogen (secondary N) is 1. The summed E-state index contributed by atoms with van der Waals surface area (Å²) in [5, 5.41) is 21.2. The maximum absolute atomic E-state index is 11.9. The largest absolute Gasteiger partial charge is 0.480 e. The lowest BCUT2D eigenvalue weighted by Crippen LogP contribution is -2.45. The Morgan fingerprint density at radius 1 is 1.50 bits per heavy atom. The zero-order valence-electron chi connectivity index (χ0n) is 10.7. The van der Waals surface area contributed by atoms with Gasteiger partial charge in [-0.2, -0.15) is 0 Å². The molecule has 1 unspecified atom stereocenters. The third-order valence-electron chi connectivity index (χ3n) is 2.95. The number of carbonyl (C=O) groups is 2. The van der Waals surface area contributed by atoms with Crippen molar-refractivity contribution in [3.05, 3.63) is 34.9 Å². The summed E-state index contributed by atoms with van der Waals surface area (Å²) in [5.74, 6) is -1.87. The lowest BCUT2D eigenvalue weighted by Gasteiger charge is -2.29. The fraction of sp³-hybridized carbons (Fsp3) is 0.308. The Balaban J connectivity index is 2.30. The highest BCUT2D eigenvalue weighted by atomic mass is 79.9. The minimum atomic E-state index is -1.71. The van der Waals surface area contributed by atoms with Crippen molar-refractivity contribution in [3.8, 4) is 0 Å². The molecule has 2 rings (SSSR count). The summed E-state index contributed by atoms with van der Waals surface area (Å²) in [7, 11) is 0. The van der Waals surface area contributed by atoms with E-state index >= 15 is 0 Å². The molecule has 0 fully saturated rings. The molecule has 1 aliphatic rings. The third kappa shape index (κ3) is 2.73. The predicted octanol–water partition coefficient (Wildman–Crippen LogP) is 0.690. The normalized spacial score (nSPS) is 20.9. The molecule has 6 nitrogen and oxygen atoms in total. The summed E-state index contributed by atoms with van der Waals surface area (Å²) in [6.45, 7) is 1.66. The minimum absolute atomic E-state index is 0.143. The van der Waals surface area contributed by atoms with E-state index in [4.69, 9.17) is 5.11 Å². The lowest BCUT2D eigenvalue weighted by molar-refractivity contribution is -0.137. The standard InChI is InChI=1S/C13H13BrN2O4/c1-7-2-3-9-8(4-7)5-15-11(13(9,14)20)12(19)16-6-10(17)18/h2-4,20H,5-6H2,1H3,(H,16,19)(H,17,18). The molecule has 1 aliphatic heterocycles. The summed E-state index contributed by atoms with van der Waals surface area (Å²) in [5.41, 5.74) is 2.24. The fourth-order valence-electron chi connectivity index (χ4n) is 2.03. The number of carboxylic acid groups (broad SMARTS) is 1. The zero-order chi connectivity index (χ0) is 14.9. The number of rotatable bonds is 3. The number of aliphatic hydroxyl groups is 1. The molecule has 1 aromatic carbocycles. The number of hydrogen-bond donors (Lipinski definition) is 3. The molecule has 1 amide bonds. The van der Waals surface area contributed by atoms with Crippen LogP contribution in [0.1, 0.15) is 16.7 Å². The average molecular weight is 341 g/mol. The average Bonchev–Trinajstić information content (AvgIpc) is 2.35. The molecule has 0 saturated carbocycles. The summed E-state index contributed by atoms with van der Waals surface area (Å²) in [4.78, 5) is 26.4. The van der Waals surface area contributed by atoms with Crippen LogP contribution in [0.15, 0.2) is 23.2 Å². The molecule has 3 N–H and O–H groups in total. The molecule has 20 heavy (non-hydrogen) atoms. The van der Waals surface area contributed by atoms with E-state index in [1.807, 2.05) is 19.1 Å². The molecule has 0 spiro atoms. The van der Waals surface area contributed by atoms with Gasteiger partial charge >= 0.3 is 5.97 Å². The smallest absolute Gasteiger partial charge is 0.322 e.